The van der Waals surface area contributed by atoms with E-state index in [1.165, 1.54) is 24.3 Å². The highest BCUT2D eigenvalue weighted by Crippen LogP contribution is 2.37. The molecule has 226 valence electrons. The molecule has 0 radical (unpaired) electrons. The summed E-state index contributed by atoms with van der Waals surface area (Å²) in [6, 6.07) is 10.8. The summed E-state index contributed by atoms with van der Waals surface area (Å²) in [7, 11) is 1.58. The summed E-state index contributed by atoms with van der Waals surface area (Å²) in [5.41, 5.74) is -0.980. The predicted octanol–water partition coefficient (Wildman–Crippen LogP) is 4.02. The number of nitrogens with one attached hydrogen (secondary N) is 2. The van der Waals surface area contributed by atoms with Crippen molar-refractivity contribution in [3.05, 3.63) is 70.0 Å². The number of aromatic amines is 1. The molecule has 1 aliphatic heterocycles. The van der Waals surface area contributed by atoms with Crippen LogP contribution in [0.3, 0.4) is 0 Å². The van der Waals surface area contributed by atoms with Crippen molar-refractivity contribution >= 4 is 22.8 Å². The average Bonchev–Trinajstić information content (AvgIpc) is 3.34. The van der Waals surface area contributed by atoms with Gasteiger partial charge in [0, 0.05) is 23.8 Å². The normalized spacial score (nSPS) is 16.9. The van der Waals surface area contributed by atoms with E-state index in [0.717, 1.165) is 6.07 Å². The molecular weight excluding hydrogens is 561 g/mol. The number of benzene rings is 2. The van der Waals surface area contributed by atoms with Crippen molar-refractivity contribution in [3.63, 3.8) is 0 Å². The third-order valence-corrected chi connectivity index (χ3v) is 6.63. The maximum atomic E-state index is 13.5. The molecule has 3 aromatic rings. The molecular formula is C29H31F3N2O8. The molecule has 2 atom stereocenters. The van der Waals surface area contributed by atoms with Crippen molar-refractivity contribution in [1.29, 1.82) is 0 Å². The van der Waals surface area contributed by atoms with E-state index in [9.17, 15) is 27.6 Å². The molecule has 1 fully saturated rings. The van der Waals surface area contributed by atoms with Crippen LogP contribution in [0.1, 0.15) is 23.5 Å². The second kappa shape index (κ2) is 14.3. The summed E-state index contributed by atoms with van der Waals surface area (Å²) in [6.45, 7) is 1.74. The number of fused-ring (bicyclic) bond motifs is 1. The third kappa shape index (κ3) is 8.08. The lowest BCUT2D eigenvalue weighted by atomic mass is 9.93. The van der Waals surface area contributed by atoms with Gasteiger partial charge in [-0.1, -0.05) is 30.3 Å². The topological polar surface area (TPSA) is 125 Å². The first kappa shape index (κ1) is 31.0. The number of methoxy groups -OCH3 is 1. The van der Waals surface area contributed by atoms with Gasteiger partial charge in [0.15, 0.2) is 0 Å². The highest BCUT2D eigenvalue weighted by molar-refractivity contribution is 5.90. The first-order valence-electron chi connectivity index (χ1n) is 13.3. The molecule has 1 aliphatic rings. The van der Waals surface area contributed by atoms with Gasteiger partial charge in [-0.15, -0.1) is 0 Å². The predicted molar refractivity (Wildman–Crippen MR) is 145 cm³/mol. The molecule has 0 aliphatic carbocycles. The Balaban J connectivity index is 1.31. The van der Waals surface area contributed by atoms with E-state index < -0.39 is 35.4 Å². The van der Waals surface area contributed by atoms with Gasteiger partial charge in [0.2, 0.25) is 5.91 Å². The number of ether oxygens (including phenoxy) is 5. The molecule has 2 aromatic carbocycles. The smallest absolute Gasteiger partial charge is 0.432 e. The zero-order valence-electron chi connectivity index (χ0n) is 22.8. The van der Waals surface area contributed by atoms with Crippen LogP contribution in [0, 0.1) is 0 Å². The van der Waals surface area contributed by atoms with E-state index in [2.05, 4.69) is 10.3 Å². The monoisotopic (exact) mass is 592 g/mol. The molecule has 42 heavy (non-hydrogen) atoms. The number of amides is 1. The standard InChI is InChI=1S/C29H31F3N2O8/c1-38-8-9-39-10-11-40-12-13-41-28(37)42-17-20-16-23(26(35)33-20)18-6-7-19-15-25(34-27(36)22(19)14-18)21-4-2-3-5-24(21)29(30,31)32/h2-7,14-15,20,23H,8-13,16-17H2,1H3,(H,33,35)(H,34,36)/t20?,23-/m0/s1. The highest BCUT2D eigenvalue weighted by atomic mass is 19.4. The van der Waals surface area contributed by atoms with Crippen LogP contribution in [0.4, 0.5) is 18.0 Å². The number of hydrogen-bond donors (Lipinski definition) is 2. The van der Waals surface area contributed by atoms with Gasteiger partial charge in [-0.25, -0.2) is 4.79 Å². The minimum absolute atomic E-state index is 0.00824. The summed E-state index contributed by atoms with van der Waals surface area (Å²) < 4.78 is 65.9. The molecule has 13 heteroatoms. The van der Waals surface area contributed by atoms with Crippen LogP contribution in [0.25, 0.3) is 22.0 Å². The Morgan fingerprint density at radius 1 is 0.929 bits per heavy atom. The number of carbonyl (C=O) groups is 2. The van der Waals surface area contributed by atoms with Crippen molar-refractivity contribution < 1.29 is 46.4 Å². The third-order valence-electron chi connectivity index (χ3n) is 6.63. The van der Waals surface area contributed by atoms with Gasteiger partial charge in [-0.05, 0) is 35.6 Å². The minimum Gasteiger partial charge on any atom is -0.432 e. The SMILES string of the molecule is COCCOCCOCCOC(=O)OCC1C[C@@H](c2ccc3cc(-c4ccccc4C(F)(F)F)[nH]c(=O)c3c2)C(=O)N1. The van der Waals surface area contributed by atoms with Crippen LogP contribution in [-0.2, 0) is 34.7 Å². The maximum absolute atomic E-state index is 13.5. The molecule has 1 aromatic heterocycles. The van der Waals surface area contributed by atoms with Crippen LogP contribution >= 0.6 is 0 Å². The van der Waals surface area contributed by atoms with Gasteiger partial charge in [-0.3, -0.25) is 9.59 Å². The number of aromatic nitrogens is 1. The summed E-state index contributed by atoms with van der Waals surface area (Å²) in [5.74, 6) is -0.909. The van der Waals surface area contributed by atoms with E-state index in [4.69, 9.17) is 23.7 Å². The lowest BCUT2D eigenvalue weighted by Gasteiger charge is -2.14. The lowest BCUT2D eigenvalue weighted by molar-refractivity contribution is -0.137. The number of H-pyrrole nitrogens is 1. The van der Waals surface area contributed by atoms with Crippen molar-refractivity contribution in [3.8, 4) is 11.3 Å². The Bertz CT molecular complexity index is 1440. The Morgan fingerprint density at radius 3 is 2.38 bits per heavy atom. The van der Waals surface area contributed by atoms with E-state index >= 15 is 0 Å². The number of rotatable bonds is 13. The Labute approximate surface area is 239 Å². The number of halogens is 3. The molecule has 2 N–H and O–H groups in total. The second-order valence-electron chi connectivity index (χ2n) is 9.52. The van der Waals surface area contributed by atoms with Crippen LogP contribution in [0.5, 0.6) is 0 Å². The Morgan fingerprint density at radius 2 is 1.64 bits per heavy atom. The van der Waals surface area contributed by atoms with E-state index in [1.54, 1.807) is 25.3 Å². The molecule has 2 heterocycles. The quantitative estimate of drug-likeness (QED) is 0.225. The van der Waals surface area contributed by atoms with E-state index in [1.807, 2.05) is 0 Å². The fourth-order valence-corrected chi connectivity index (χ4v) is 4.61. The van der Waals surface area contributed by atoms with Gasteiger partial charge < -0.3 is 34.0 Å². The van der Waals surface area contributed by atoms with E-state index in [-0.39, 0.29) is 42.4 Å². The van der Waals surface area contributed by atoms with Crippen LogP contribution in [-0.4, -0.2) is 76.4 Å². The number of carbonyl (C=O) groups excluding carboxylic acids is 2. The molecule has 4 rings (SSSR count). The molecule has 1 unspecified atom stereocenters. The van der Waals surface area contributed by atoms with Gasteiger partial charge in [0.05, 0.1) is 50.6 Å². The fourth-order valence-electron chi connectivity index (χ4n) is 4.61. The Kier molecular flexibility index (Phi) is 10.6. The maximum Gasteiger partial charge on any atom is 0.508 e. The zero-order valence-corrected chi connectivity index (χ0v) is 22.8. The second-order valence-corrected chi connectivity index (χ2v) is 9.52. The van der Waals surface area contributed by atoms with Gasteiger partial charge in [-0.2, -0.15) is 13.2 Å². The number of hydrogen-bond acceptors (Lipinski definition) is 8. The Hall–Kier alpha value is -3.94. The largest absolute Gasteiger partial charge is 0.508 e. The fraction of sp³-hybridized carbons (Fsp3) is 0.414. The van der Waals surface area contributed by atoms with Crippen molar-refractivity contribution in [1.82, 2.24) is 10.3 Å². The number of alkyl halides is 3. The summed E-state index contributed by atoms with van der Waals surface area (Å²) in [6.07, 6.45) is -5.18. The van der Waals surface area contributed by atoms with Gasteiger partial charge in [0.1, 0.15) is 13.2 Å². The van der Waals surface area contributed by atoms with Crippen LogP contribution in [0.2, 0.25) is 0 Å². The summed E-state index contributed by atoms with van der Waals surface area (Å²) >= 11 is 0. The van der Waals surface area contributed by atoms with Gasteiger partial charge in [0.25, 0.3) is 5.56 Å². The molecule has 1 amide bonds. The van der Waals surface area contributed by atoms with Crippen molar-refractivity contribution in [2.75, 3.05) is 53.4 Å². The minimum atomic E-state index is -4.59. The van der Waals surface area contributed by atoms with Gasteiger partial charge >= 0.3 is 12.3 Å². The van der Waals surface area contributed by atoms with Crippen molar-refractivity contribution in [2.24, 2.45) is 0 Å². The lowest BCUT2D eigenvalue weighted by Crippen LogP contribution is -2.31. The first-order chi connectivity index (χ1) is 20.2. The average molecular weight is 593 g/mol. The molecule has 0 bridgehead atoms. The van der Waals surface area contributed by atoms with E-state index in [0.29, 0.717) is 43.8 Å². The zero-order chi connectivity index (χ0) is 30.1. The highest BCUT2D eigenvalue weighted by Gasteiger charge is 2.35. The van der Waals surface area contributed by atoms with Crippen molar-refractivity contribution in [2.45, 2.75) is 24.6 Å². The first-order valence-corrected chi connectivity index (χ1v) is 13.3. The molecule has 10 nitrogen and oxygen atoms in total. The molecule has 0 saturated carbocycles. The van der Waals surface area contributed by atoms with Crippen LogP contribution < -0.4 is 10.9 Å². The summed E-state index contributed by atoms with van der Waals surface area (Å²) in [5, 5.41) is 3.43. The number of pyridine rings is 1. The summed E-state index contributed by atoms with van der Waals surface area (Å²) in [4.78, 5) is 40.0. The molecule has 1 saturated heterocycles. The molecule has 0 spiro atoms. The van der Waals surface area contributed by atoms with Crippen LogP contribution in [0.15, 0.2) is 53.3 Å².